The van der Waals surface area contributed by atoms with Crippen molar-refractivity contribution in [1.82, 2.24) is 0 Å². The van der Waals surface area contributed by atoms with E-state index < -0.39 is 5.97 Å². The SMILES string of the molecule is CC(=O)CC(C#Cc1ccc(Cl)cc1)c1cc(C)ccc1OC(C)=O. The van der Waals surface area contributed by atoms with Crippen LogP contribution in [-0.4, -0.2) is 11.8 Å². The van der Waals surface area contributed by atoms with Crippen LogP contribution in [0.2, 0.25) is 5.02 Å². The van der Waals surface area contributed by atoms with E-state index in [9.17, 15) is 9.59 Å². The minimum Gasteiger partial charge on any atom is -0.426 e. The average Bonchev–Trinajstić information content (AvgIpc) is 2.54. The van der Waals surface area contributed by atoms with Gasteiger partial charge in [0, 0.05) is 29.5 Å². The third kappa shape index (κ3) is 5.77. The molecule has 0 spiro atoms. The van der Waals surface area contributed by atoms with Crippen LogP contribution >= 0.6 is 11.6 Å². The van der Waals surface area contributed by atoms with Crippen molar-refractivity contribution in [2.24, 2.45) is 0 Å². The number of ether oxygens (including phenoxy) is 1. The molecule has 0 saturated carbocycles. The Kier molecular flexibility index (Phi) is 6.38. The Morgan fingerprint density at radius 2 is 1.80 bits per heavy atom. The maximum atomic E-state index is 11.7. The number of carbonyl (C=O) groups excluding carboxylic acids is 2. The highest BCUT2D eigenvalue weighted by Crippen LogP contribution is 2.30. The van der Waals surface area contributed by atoms with Crippen LogP contribution in [0.5, 0.6) is 5.75 Å². The number of rotatable bonds is 4. The van der Waals surface area contributed by atoms with E-state index in [0.717, 1.165) is 16.7 Å². The van der Waals surface area contributed by atoms with Gasteiger partial charge < -0.3 is 4.74 Å². The fraction of sp³-hybridized carbons (Fsp3) is 0.238. The summed E-state index contributed by atoms with van der Waals surface area (Å²) in [5.74, 6) is 5.91. The maximum Gasteiger partial charge on any atom is 0.308 e. The van der Waals surface area contributed by atoms with E-state index in [-0.39, 0.29) is 18.1 Å². The maximum absolute atomic E-state index is 11.7. The molecule has 0 heterocycles. The molecule has 0 aliphatic heterocycles. The number of benzene rings is 2. The molecule has 2 rings (SSSR count). The van der Waals surface area contributed by atoms with Crippen molar-refractivity contribution in [2.45, 2.75) is 33.1 Å². The van der Waals surface area contributed by atoms with E-state index in [0.29, 0.717) is 10.8 Å². The van der Waals surface area contributed by atoms with Crippen LogP contribution in [0, 0.1) is 18.8 Å². The first-order valence-corrected chi connectivity index (χ1v) is 8.28. The smallest absolute Gasteiger partial charge is 0.308 e. The summed E-state index contributed by atoms with van der Waals surface area (Å²) in [6.07, 6.45) is 0.248. The fourth-order valence-electron chi connectivity index (χ4n) is 2.42. The van der Waals surface area contributed by atoms with E-state index in [1.54, 1.807) is 18.2 Å². The van der Waals surface area contributed by atoms with Crippen molar-refractivity contribution >= 4 is 23.4 Å². The number of carbonyl (C=O) groups is 2. The first-order valence-electron chi connectivity index (χ1n) is 7.90. The van der Waals surface area contributed by atoms with Crippen molar-refractivity contribution in [1.29, 1.82) is 0 Å². The normalized spacial score (nSPS) is 11.2. The highest BCUT2D eigenvalue weighted by atomic mass is 35.5. The van der Waals surface area contributed by atoms with Crippen molar-refractivity contribution in [3.05, 3.63) is 64.2 Å². The molecule has 1 unspecified atom stereocenters. The number of hydrogen-bond donors (Lipinski definition) is 0. The zero-order valence-electron chi connectivity index (χ0n) is 14.4. The second-order valence-electron chi connectivity index (χ2n) is 5.87. The molecule has 2 aromatic rings. The van der Waals surface area contributed by atoms with Gasteiger partial charge in [0.05, 0.1) is 5.92 Å². The van der Waals surface area contributed by atoms with Crippen molar-refractivity contribution < 1.29 is 14.3 Å². The molecule has 0 aliphatic rings. The van der Waals surface area contributed by atoms with Crippen molar-refractivity contribution in [3.8, 4) is 17.6 Å². The third-order valence-electron chi connectivity index (χ3n) is 3.52. The first kappa shape index (κ1) is 18.8. The molecule has 0 aromatic heterocycles. The summed E-state index contributed by atoms with van der Waals surface area (Å²) in [5.41, 5.74) is 2.55. The van der Waals surface area contributed by atoms with E-state index in [1.165, 1.54) is 13.8 Å². The highest BCUT2D eigenvalue weighted by molar-refractivity contribution is 6.30. The Morgan fingerprint density at radius 3 is 2.40 bits per heavy atom. The first-order chi connectivity index (χ1) is 11.8. The largest absolute Gasteiger partial charge is 0.426 e. The molecule has 0 bridgehead atoms. The molecule has 3 nitrogen and oxygen atoms in total. The molecular formula is C21H19ClO3. The number of ketones is 1. The van der Waals surface area contributed by atoms with E-state index >= 15 is 0 Å². The highest BCUT2D eigenvalue weighted by Gasteiger charge is 2.18. The molecule has 0 fully saturated rings. The van der Waals surface area contributed by atoms with Gasteiger partial charge in [-0.25, -0.2) is 0 Å². The molecule has 4 heteroatoms. The van der Waals surface area contributed by atoms with Gasteiger partial charge in [-0.15, -0.1) is 0 Å². The molecule has 0 radical (unpaired) electrons. The monoisotopic (exact) mass is 354 g/mol. The molecule has 25 heavy (non-hydrogen) atoms. The molecular weight excluding hydrogens is 336 g/mol. The van der Waals surface area contributed by atoms with E-state index in [1.807, 2.05) is 31.2 Å². The predicted molar refractivity (Wildman–Crippen MR) is 98.9 cm³/mol. The lowest BCUT2D eigenvalue weighted by Gasteiger charge is -2.15. The minimum atomic E-state index is -0.405. The molecule has 0 N–H and O–H groups in total. The summed E-state index contributed by atoms with van der Waals surface area (Å²) in [5, 5.41) is 0.640. The van der Waals surface area contributed by atoms with Gasteiger partial charge in [-0.05, 0) is 44.2 Å². The summed E-state index contributed by atoms with van der Waals surface area (Å²) in [4.78, 5) is 23.1. The summed E-state index contributed by atoms with van der Waals surface area (Å²) < 4.78 is 5.30. The molecule has 0 saturated heterocycles. The Morgan fingerprint density at radius 1 is 1.12 bits per heavy atom. The lowest BCUT2D eigenvalue weighted by Crippen LogP contribution is -2.09. The molecule has 128 valence electrons. The van der Waals surface area contributed by atoms with Gasteiger partial charge in [0.25, 0.3) is 0 Å². The van der Waals surface area contributed by atoms with Gasteiger partial charge in [-0.3, -0.25) is 9.59 Å². The van der Waals surface area contributed by atoms with Crippen LogP contribution in [0.15, 0.2) is 42.5 Å². The predicted octanol–water partition coefficient (Wildman–Crippen LogP) is 4.69. The number of halogens is 1. The average molecular weight is 355 g/mol. The van der Waals surface area contributed by atoms with Gasteiger partial charge in [-0.2, -0.15) is 0 Å². The number of esters is 1. The zero-order chi connectivity index (χ0) is 18.4. The Bertz CT molecular complexity index is 842. The molecule has 0 aliphatic carbocycles. The zero-order valence-corrected chi connectivity index (χ0v) is 15.2. The standard InChI is InChI=1S/C21H19ClO3/c1-14-4-11-21(25-16(3)24)20(12-14)18(13-15(2)23)8-5-17-6-9-19(22)10-7-17/h4,6-7,9-12,18H,13H2,1-3H3. The second kappa shape index (κ2) is 8.50. The number of hydrogen-bond acceptors (Lipinski definition) is 3. The lowest BCUT2D eigenvalue weighted by atomic mass is 9.92. The van der Waals surface area contributed by atoms with Crippen LogP contribution in [0.4, 0.5) is 0 Å². The molecule has 1 atom stereocenters. The Labute approximate surface area is 153 Å². The van der Waals surface area contributed by atoms with Crippen LogP contribution in [0.3, 0.4) is 0 Å². The van der Waals surface area contributed by atoms with Crippen LogP contribution < -0.4 is 4.74 Å². The van der Waals surface area contributed by atoms with Gasteiger partial charge in [0.2, 0.25) is 0 Å². The summed E-state index contributed by atoms with van der Waals surface area (Å²) in [6, 6.07) is 12.7. The van der Waals surface area contributed by atoms with Gasteiger partial charge >= 0.3 is 5.97 Å². The van der Waals surface area contributed by atoms with Crippen LogP contribution in [0.25, 0.3) is 0 Å². The van der Waals surface area contributed by atoms with Crippen molar-refractivity contribution in [3.63, 3.8) is 0 Å². The third-order valence-corrected chi connectivity index (χ3v) is 3.77. The van der Waals surface area contributed by atoms with Gasteiger partial charge in [0.15, 0.2) is 0 Å². The fourth-order valence-corrected chi connectivity index (χ4v) is 2.54. The van der Waals surface area contributed by atoms with Gasteiger partial charge in [-0.1, -0.05) is 41.1 Å². The topological polar surface area (TPSA) is 43.4 Å². The Balaban J connectivity index is 2.44. The summed E-state index contributed by atoms with van der Waals surface area (Å²) in [7, 11) is 0. The lowest BCUT2D eigenvalue weighted by molar-refractivity contribution is -0.131. The molecule has 2 aromatic carbocycles. The quantitative estimate of drug-likeness (QED) is 0.454. The Hall–Kier alpha value is -2.57. The number of aryl methyl sites for hydroxylation is 1. The summed E-state index contributed by atoms with van der Waals surface area (Å²) >= 11 is 5.88. The van der Waals surface area contributed by atoms with Crippen LogP contribution in [0.1, 0.15) is 42.9 Å². The van der Waals surface area contributed by atoms with Gasteiger partial charge in [0.1, 0.15) is 11.5 Å². The minimum absolute atomic E-state index is 0.0192. The second-order valence-corrected chi connectivity index (χ2v) is 6.31. The van der Waals surface area contributed by atoms with Crippen LogP contribution in [-0.2, 0) is 9.59 Å². The van der Waals surface area contributed by atoms with Crippen molar-refractivity contribution in [2.75, 3.05) is 0 Å². The van der Waals surface area contributed by atoms with E-state index in [2.05, 4.69) is 11.8 Å². The van der Waals surface area contributed by atoms with E-state index in [4.69, 9.17) is 16.3 Å². The molecule has 0 amide bonds. The number of Topliss-reactive ketones (excluding diaryl/α,β-unsaturated/α-hetero) is 1. The summed E-state index contributed by atoms with van der Waals surface area (Å²) in [6.45, 7) is 4.82.